The van der Waals surface area contributed by atoms with Crippen LogP contribution in [0, 0.1) is 6.92 Å². The highest BCUT2D eigenvalue weighted by Gasteiger charge is 2.24. The smallest absolute Gasteiger partial charge is 0.208 e. The van der Waals surface area contributed by atoms with Crippen molar-refractivity contribution in [2.24, 2.45) is 0 Å². The van der Waals surface area contributed by atoms with Gasteiger partial charge in [0.15, 0.2) is 0 Å². The molecule has 3 rings (SSSR count). The number of fused-ring (bicyclic) bond motifs is 1. The number of sulfonamides is 1. The minimum atomic E-state index is -3.44. The van der Waals surface area contributed by atoms with E-state index in [2.05, 4.69) is 16.9 Å². The topological polar surface area (TPSA) is 46.2 Å². The van der Waals surface area contributed by atoms with Crippen molar-refractivity contribution in [2.45, 2.75) is 37.1 Å². The van der Waals surface area contributed by atoms with Crippen LogP contribution in [0.25, 0.3) is 0 Å². The Balaban J connectivity index is 1.80. The summed E-state index contributed by atoms with van der Waals surface area (Å²) in [4.78, 5) is 0.379. The van der Waals surface area contributed by atoms with Crippen LogP contribution >= 0.6 is 0 Å². The molecule has 0 heterocycles. The van der Waals surface area contributed by atoms with Crippen LogP contribution in [0.4, 0.5) is 0 Å². The lowest BCUT2D eigenvalue weighted by atomic mass is 9.89. The number of benzene rings is 2. The fourth-order valence-electron chi connectivity index (χ4n) is 2.94. The maximum Gasteiger partial charge on any atom is 0.241 e. The Labute approximate surface area is 126 Å². The summed E-state index contributed by atoms with van der Waals surface area (Å²) in [5.41, 5.74) is 3.37. The fraction of sp³-hybridized carbons (Fsp3) is 0.294. The van der Waals surface area contributed by atoms with Crippen molar-refractivity contribution in [1.82, 2.24) is 4.72 Å². The van der Waals surface area contributed by atoms with E-state index in [1.54, 1.807) is 12.1 Å². The Morgan fingerprint density at radius 3 is 2.43 bits per heavy atom. The lowest BCUT2D eigenvalue weighted by Crippen LogP contribution is -2.39. The summed E-state index contributed by atoms with van der Waals surface area (Å²) in [7, 11) is -3.44. The van der Waals surface area contributed by atoms with Gasteiger partial charge in [0.05, 0.1) is 4.90 Å². The van der Waals surface area contributed by atoms with Crippen LogP contribution in [0.15, 0.2) is 53.4 Å². The number of hydrogen-bond donors (Lipinski definition) is 1. The first kappa shape index (κ1) is 14.3. The molecule has 1 aliphatic carbocycles. The molecule has 0 bridgehead atoms. The molecule has 110 valence electrons. The Kier molecular flexibility index (Phi) is 3.83. The second kappa shape index (κ2) is 5.62. The second-order valence-corrected chi connectivity index (χ2v) is 7.28. The Hall–Kier alpha value is -1.65. The minimum absolute atomic E-state index is 0.0236. The zero-order valence-electron chi connectivity index (χ0n) is 12.0. The fourth-order valence-corrected chi connectivity index (χ4v) is 4.46. The molecule has 0 saturated heterocycles. The summed E-state index contributed by atoms with van der Waals surface area (Å²) in [6, 6.07) is 15.3. The Bertz CT molecular complexity index is 753. The highest BCUT2D eigenvalue weighted by atomic mass is 32.2. The highest BCUT2D eigenvalue weighted by molar-refractivity contribution is 7.89. The first-order chi connectivity index (χ1) is 10.1. The third kappa shape index (κ3) is 3.01. The molecule has 1 atom stereocenters. The first-order valence-electron chi connectivity index (χ1n) is 7.21. The molecule has 0 aliphatic heterocycles. The molecule has 0 saturated carbocycles. The first-order valence-corrected chi connectivity index (χ1v) is 8.69. The summed E-state index contributed by atoms with van der Waals surface area (Å²) < 4.78 is 27.9. The van der Waals surface area contributed by atoms with Gasteiger partial charge in [-0.1, -0.05) is 42.5 Å². The number of rotatable bonds is 3. The van der Waals surface area contributed by atoms with Crippen molar-refractivity contribution in [2.75, 3.05) is 0 Å². The zero-order valence-corrected chi connectivity index (χ0v) is 12.9. The van der Waals surface area contributed by atoms with Gasteiger partial charge in [-0.05, 0) is 48.9 Å². The van der Waals surface area contributed by atoms with E-state index in [0.29, 0.717) is 4.90 Å². The average Bonchev–Trinajstić information content (AvgIpc) is 2.47. The predicted molar refractivity (Wildman–Crippen MR) is 83.8 cm³/mol. The monoisotopic (exact) mass is 301 g/mol. The van der Waals surface area contributed by atoms with E-state index in [-0.39, 0.29) is 6.04 Å². The maximum absolute atomic E-state index is 12.5. The normalized spacial score (nSPS) is 18.2. The molecule has 0 aromatic heterocycles. The molecule has 2 aromatic carbocycles. The molecule has 1 aliphatic rings. The molecule has 0 spiro atoms. The molecule has 1 unspecified atom stereocenters. The van der Waals surface area contributed by atoms with Crippen LogP contribution in [0.5, 0.6) is 0 Å². The van der Waals surface area contributed by atoms with Gasteiger partial charge in [-0.25, -0.2) is 13.1 Å². The van der Waals surface area contributed by atoms with E-state index in [9.17, 15) is 8.42 Å². The quantitative estimate of drug-likeness (QED) is 0.947. The predicted octanol–water partition coefficient (Wildman–Crippen LogP) is 2.83. The third-order valence-corrected chi connectivity index (χ3v) is 5.73. The van der Waals surface area contributed by atoms with E-state index in [4.69, 9.17) is 0 Å². The van der Waals surface area contributed by atoms with Crippen LogP contribution in [0.1, 0.15) is 23.1 Å². The van der Waals surface area contributed by atoms with E-state index in [1.165, 1.54) is 11.1 Å². The van der Waals surface area contributed by atoms with Crippen LogP contribution < -0.4 is 4.72 Å². The van der Waals surface area contributed by atoms with Crippen molar-refractivity contribution in [3.63, 3.8) is 0 Å². The second-order valence-electron chi connectivity index (χ2n) is 5.60. The van der Waals surface area contributed by atoms with Crippen LogP contribution in [-0.2, 0) is 22.9 Å². The van der Waals surface area contributed by atoms with Crippen molar-refractivity contribution in [3.05, 3.63) is 65.2 Å². The van der Waals surface area contributed by atoms with E-state index in [0.717, 1.165) is 24.8 Å². The Morgan fingerprint density at radius 1 is 1.00 bits per heavy atom. The van der Waals surface area contributed by atoms with Gasteiger partial charge < -0.3 is 0 Å². The average molecular weight is 301 g/mol. The molecule has 1 N–H and O–H groups in total. The Morgan fingerprint density at radius 2 is 1.67 bits per heavy atom. The maximum atomic E-state index is 12.5. The van der Waals surface area contributed by atoms with Gasteiger partial charge in [-0.2, -0.15) is 0 Å². The van der Waals surface area contributed by atoms with Crippen molar-refractivity contribution >= 4 is 10.0 Å². The third-order valence-electron chi connectivity index (χ3n) is 4.05. The van der Waals surface area contributed by atoms with Crippen molar-refractivity contribution in [3.8, 4) is 0 Å². The van der Waals surface area contributed by atoms with Gasteiger partial charge in [0.1, 0.15) is 0 Å². The molecule has 21 heavy (non-hydrogen) atoms. The lowest BCUT2D eigenvalue weighted by Gasteiger charge is -2.25. The van der Waals surface area contributed by atoms with Crippen LogP contribution in [0.3, 0.4) is 0 Å². The van der Waals surface area contributed by atoms with Gasteiger partial charge in [0.2, 0.25) is 10.0 Å². The van der Waals surface area contributed by atoms with Crippen molar-refractivity contribution < 1.29 is 8.42 Å². The van der Waals surface area contributed by atoms with Gasteiger partial charge in [0, 0.05) is 6.04 Å². The van der Waals surface area contributed by atoms with E-state index < -0.39 is 10.0 Å². The standard InChI is InChI=1S/C17H19NO2S/c1-13-6-2-5-9-17(13)21(19,20)18-16-11-10-14-7-3-4-8-15(14)12-16/h2-9,16,18H,10-12H2,1H3. The molecule has 4 heteroatoms. The lowest BCUT2D eigenvalue weighted by molar-refractivity contribution is 0.507. The summed E-state index contributed by atoms with van der Waals surface area (Å²) in [5.74, 6) is 0. The van der Waals surface area contributed by atoms with Gasteiger partial charge >= 0.3 is 0 Å². The molecular weight excluding hydrogens is 282 g/mol. The van der Waals surface area contributed by atoms with Crippen molar-refractivity contribution in [1.29, 1.82) is 0 Å². The SMILES string of the molecule is Cc1ccccc1S(=O)(=O)NC1CCc2ccccc2C1. The molecule has 2 aromatic rings. The largest absolute Gasteiger partial charge is 0.241 e. The summed E-state index contributed by atoms with van der Waals surface area (Å²) in [5, 5.41) is 0. The van der Waals surface area contributed by atoms with Gasteiger partial charge in [0.25, 0.3) is 0 Å². The molecule has 0 amide bonds. The summed E-state index contributed by atoms with van der Waals surface area (Å²) in [6.45, 7) is 1.82. The van der Waals surface area contributed by atoms with Gasteiger partial charge in [-0.3, -0.25) is 0 Å². The molecule has 0 radical (unpaired) electrons. The molecule has 0 fully saturated rings. The summed E-state index contributed by atoms with van der Waals surface area (Å²) >= 11 is 0. The highest BCUT2D eigenvalue weighted by Crippen LogP contribution is 2.23. The number of nitrogens with one attached hydrogen (secondary N) is 1. The minimum Gasteiger partial charge on any atom is -0.208 e. The van der Waals surface area contributed by atoms with E-state index >= 15 is 0 Å². The van der Waals surface area contributed by atoms with Crippen LogP contribution in [-0.4, -0.2) is 14.5 Å². The molecular formula is C17H19NO2S. The van der Waals surface area contributed by atoms with E-state index in [1.807, 2.05) is 31.2 Å². The van der Waals surface area contributed by atoms with Crippen LogP contribution in [0.2, 0.25) is 0 Å². The van der Waals surface area contributed by atoms with Gasteiger partial charge in [-0.15, -0.1) is 0 Å². The number of aryl methyl sites for hydroxylation is 2. The molecule has 3 nitrogen and oxygen atoms in total. The number of hydrogen-bond acceptors (Lipinski definition) is 2. The zero-order chi connectivity index (χ0) is 14.9. The summed E-state index contributed by atoms with van der Waals surface area (Å²) in [6.07, 6.45) is 2.54.